The number of rotatable bonds is 6. The fraction of sp³-hybridized carbons (Fsp3) is 0.680. The molecule has 3 aliphatic rings. The first-order chi connectivity index (χ1) is 15.6. The van der Waals surface area contributed by atoms with Crippen LogP contribution in [-0.2, 0) is 4.74 Å². The standard InChI is InChI=1S/C25H38N4O3/c1-18-11-13-29(14-12-18)23-10-9-20(28-25(31)27-19-6-3-2-4-7-19)16-22(23)24(30)26-17-21-8-5-15-32-21/h9-10,16,18-19,21H,2-8,11-15,17H2,1H3,(H,26,30)(H2,27,28,31)/t21-/m1/s1. The lowest BCUT2D eigenvalue weighted by Gasteiger charge is -2.33. The van der Waals surface area contributed by atoms with E-state index in [1.54, 1.807) is 0 Å². The number of nitrogens with one attached hydrogen (secondary N) is 3. The maximum absolute atomic E-state index is 13.2. The fourth-order valence-electron chi connectivity index (χ4n) is 5.03. The van der Waals surface area contributed by atoms with Gasteiger partial charge in [0.2, 0.25) is 0 Å². The summed E-state index contributed by atoms with van der Waals surface area (Å²) in [5.41, 5.74) is 2.21. The molecule has 176 valence electrons. The van der Waals surface area contributed by atoms with Crippen molar-refractivity contribution in [3.8, 4) is 0 Å². The van der Waals surface area contributed by atoms with Gasteiger partial charge < -0.3 is 25.6 Å². The van der Waals surface area contributed by atoms with Crippen molar-refractivity contribution < 1.29 is 14.3 Å². The lowest BCUT2D eigenvalue weighted by Crippen LogP contribution is -2.39. The van der Waals surface area contributed by atoms with Crippen molar-refractivity contribution >= 4 is 23.3 Å². The summed E-state index contributed by atoms with van der Waals surface area (Å²) >= 11 is 0. The molecule has 3 fully saturated rings. The largest absolute Gasteiger partial charge is 0.376 e. The molecule has 2 aliphatic heterocycles. The molecule has 1 aromatic rings. The van der Waals surface area contributed by atoms with Gasteiger partial charge in [-0.15, -0.1) is 0 Å². The molecule has 0 aromatic heterocycles. The lowest BCUT2D eigenvalue weighted by molar-refractivity contribution is 0.0858. The molecule has 7 nitrogen and oxygen atoms in total. The summed E-state index contributed by atoms with van der Waals surface area (Å²) in [5.74, 6) is 0.609. The number of benzene rings is 1. The molecular formula is C25H38N4O3. The zero-order chi connectivity index (χ0) is 22.3. The summed E-state index contributed by atoms with van der Waals surface area (Å²) in [5, 5.41) is 9.09. The summed E-state index contributed by atoms with van der Waals surface area (Å²) < 4.78 is 5.66. The average Bonchev–Trinajstić information content (AvgIpc) is 3.32. The maximum Gasteiger partial charge on any atom is 0.319 e. The second-order valence-corrected chi connectivity index (χ2v) is 9.68. The number of ether oxygens (including phenoxy) is 1. The third-order valence-electron chi connectivity index (χ3n) is 7.08. The van der Waals surface area contributed by atoms with Crippen LogP contribution >= 0.6 is 0 Å². The predicted octanol–water partition coefficient (Wildman–Crippen LogP) is 4.29. The quantitative estimate of drug-likeness (QED) is 0.614. The highest BCUT2D eigenvalue weighted by Gasteiger charge is 2.23. The highest BCUT2D eigenvalue weighted by Crippen LogP contribution is 2.29. The van der Waals surface area contributed by atoms with Crippen molar-refractivity contribution in [3.05, 3.63) is 23.8 Å². The number of piperidine rings is 1. The van der Waals surface area contributed by atoms with Gasteiger partial charge in [-0.25, -0.2) is 4.79 Å². The van der Waals surface area contributed by atoms with Crippen LogP contribution in [-0.4, -0.2) is 50.3 Å². The molecule has 0 radical (unpaired) electrons. The Kier molecular flexibility index (Phi) is 7.90. The topological polar surface area (TPSA) is 82.7 Å². The van der Waals surface area contributed by atoms with E-state index in [2.05, 4.69) is 27.8 Å². The van der Waals surface area contributed by atoms with Gasteiger partial charge in [-0.1, -0.05) is 26.2 Å². The Morgan fingerprint density at radius 2 is 1.81 bits per heavy atom. The minimum atomic E-state index is -0.192. The molecule has 0 spiro atoms. The molecule has 4 rings (SSSR count). The van der Waals surface area contributed by atoms with Gasteiger partial charge in [0.15, 0.2) is 0 Å². The van der Waals surface area contributed by atoms with E-state index < -0.39 is 0 Å². The van der Waals surface area contributed by atoms with E-state index in [4.69, 9.17) is 4.74 Å². The summed E-state index contributed by atoms with van der Waals surface area (Å²) in [4.78, 5) is 28.0. The van der Waals surface area contributed by atoms with Gasteiger partial charge in [0, 0.05) is 43.7 Å². The Hall–Kier alpha value is -2.28. The first kappa shape index (κ1) is 22.9. The highest BCUT2D eigenvalue weighted by molar-refractivity contribution is 6.02. The number of carbonyl (C=O) groups is 2. The third-order valence-corrected chi connectivity index (χ3v) is 7.08. The molecule has 7 heteroatoms. The zero-order valence-electron chi connectivity index (χ0n) is 19.3. The molecule has 1 saturated carbocycles. The molecule has 1 aliphatic carbocycles. The summed E-state index contributed by atoms with van der Waals surface area (Å²) in [7, 11) is 0. The van der Waals surface area contributed by atoms with Crippen LogP contribution in [0.3, 0.4) is 0 Å². The number of hydrogen-bond acceptors (Lipinski definition) is 4. The van der Waals surface area contributed by atoms with Crippen LogP contribution in [0.1, 0.15) is 75.1 Å². The van der Waals surface area contributed by atoms with E-state index in [0.717, 1.165) is 63.9 Å². The molecule has 0 unspecified atom stereocenters. The van der Waals surface area contributed by atoms with E-state index in [0.29, 0.717) is 23.7 Å². The van der Waals surface area contributed by atoms with Crippen molar-refractivity contribution in [2.75, 3.05) is 36.5 Å². The Labute approximate surface area is 191 Å². The van der Waals surface area contributed by atoms with Crippen molar-refractivity contribution in [3.63, 3.8) is 0 Å². The smallest absolute Gasteiger partial charge is 0.319 e. The van der Waals surface area contributed by atoms with Crippen LogP contribution in [0.15, 0.2) is 18.2 Å². The third kappa shape index (κ3) is 6.15. The predicted molar refractivity (Wildman–Crippen MR) is 127 cm³/mol. The zero-order valence-corrected chi connectivity index (χ0v) is 19.3. The van der Waals surface area contributed by atoms with E-state index in [9.17, 15) is 9.59 Å². The second kappa shape index (κ2) is 11.0. The molecule has 3 amide bonds. The van der Waals surface area contributed by atoms with Crippen molar-refractivity contribution in [2.45, 2.75) is 76.9 Å². The number of hydrogen-bond donors (Lipinski definition) is 3. The molecule has 0 bridgehead atoms. The number of urea groups is 1. The van der Waals surface area contributed by atoms with Crippen LogP contribution < -0.4 is 20.9 Å². The van der Waals surface area contributed by atoms with Crippen LogP contribution in [0.2, 0.25) is 0 Å². The SMILES string of the molecule is CC1CCN(c2ccc(NC(=O)NC3CCCCC3)cc2C(=O)NC[C@H]2CCCO2)CC1. The molecule has 2 heterocycles. The Bertz CT molecular complexity index is 779. The Morgan fingerprint density at radius 3 is 2.53 bits per heavy atom. The number of anilines is 2. The van der Waals surface area contributed by atoms with Gasteiger partial charge in [0.1, 0.15) is 0 Å². The van der Waals surface area contributed by atoms with Crippen molar-refractivity contribution in [1.82, 2.24) is 10.6 Å². The molecule has 1 atom stereocenters. The van der Waals surface area contributed by atoms with Crippen LogP contribution in [0.4, 0.5) is 16.2 Å². The van der Waals surface area contributed by atoms with Crippen molar-refractivity contribution in [2.24, 2.45) is 5.92 Å². The van der Waals surface area contributed by atoms with Crippen LogP contribution in [0.25, 0.3) is 0 Å². The van der Waals surface area contributed by atoms with E-state index in [-0.39, 0.29) is 24.1 Å². The molecule has 32 heavy (non-hydrogen) atoms. The Balaban J connectivity index is 1.45. The fourth-order valence-corrected chi connectivity index (χ4v) is 5.03. The summed E-state index contributed by atoms with van der Waals surface area (Å²) in [6.45, 7) is 5.47. The van der Waals surface area contributed by atoms with Gasteiger partial charge in [-0.2, -0.15) is 0 Å². The first-order valence-electron chi connectivity index (χ1n) is 12.4. The van der Waals surface area contributed by atoms with Gasteiger partial charge in [0.25, 0.3) is 5.91 Å². The molecule has 2 saturated heterocycles. The lowest BCUT2D eigenvalue weighted by atomic mass is 9.96. The molecule has 3 N–H and O–H groups in total. The van der Waals surface area contributed by atoms with E-state index >= 15 is 0 Å². The maximum atomic E-state index is 13.2. The minimum Gasteiger partial charge on any atom is -0.376 e. The molecule has 1 aromatic carbocycles. The average molecular weight is 443 g/mol. The summed E-state index contributed by atoms with van der Waals surface area (Å²) in [6.07, 6.45) is 10.1. The molecular weight excluding hydrogens is 404 g/mol. The highest BCUT2D eigenvalue weighted by atomic mass is 16.5. The minimum absolute atomic E-state index is 0.0980. The number of amides is 3. The van der Waals surface area contributed by atoms with Gasteiger partial charge >= 0.3 is 6.03 Å². The number of carbonyl (C=O) groups excluding carboxylic acids is 2. The second-order valence-electron chi connectivity index (χ2n) is 9.68. The summed E-state index contributed by atoms with van der Waals surface area (Å²) in [6, 6.07) is 5.76. The van der Waals surface area contributed by atoms with Gasteiger partial charge in [-0.3, -0.25) is 4.79 Å². The Morgan fingerprint density at radius 1 is 1.03 bits per heavy atom. The van der Waals surface area contributed by atoms with Crippen molar-refractivity contribution in [1.29, 1.82) is 0 Å². The van der Waals surface area contributed by atoms with Crippen LogP contribution in [0, 0.1) is 5.92 Å². The number of nitrogens with zero attached hydrogens (tertiary/aromatic N) is 1. The van der Waals surface area contributed by atoms with Gasteiger partial charge in [-0.05, 0) is 62.6 Å². The van der Waals surface area contributed by atoms with Crippen LogP contribution in [0.5, 0.6) is 0 Å². The van der Waals surface area contributed by atoms with Gasteiger partial charge in [0.05, 0.1) is 11.7 Å². The first-order valence-corrected chi connectivity index (χ1v) is 12.4. The van der Waals surface area contributed by atoms with E-state index in [1.165, 1.54) is 19.3 Å². The normalized spacial score (nSPS) is 22.5. The monoisotopic (exact) mass is 442 g/mol. The van der Waals surface area contributed by atoms with E-state index in [1.807, 2.05) is 18.2 Å².